The first-order valence-corrected chi connectivity index (χ1v) is 4.40. The molecule has 0 rings (SSSR count). The molecule has 0 heterocycles. The Kier molecular flexibility index (Phi) is 17.6. The molecule has 5 nitrogen and oxygen atoms in total. The number of ether oxygens (including phenoxy) is 1. The zero-order chi connectivity index (χ0) is 10.1. The van der Waals surface area contributed by atoms with E-state index in [1.165, 1.54) is 0 Å². The van der Waals surface area contributed by atoms with Gasteiger partial charge >= 0.3 is 5.97 Å². The lowest BCUT2D eigenvalue weighted by atomic mass is 10.2. The molecule has 0 aliphatic heterocycles. The number of rotatable bonds is 6. The zero-order valence-electron chi connectivity index (χ0n) is 8.75. The number of carbonyl (C=O) groups excluding carboxylic acids is 1. The summed E-state index contributed by atoms with van der Waals surface area (Å²) >= 11 is 0. The van der Waals surface area contributed by atoms with Crippen LogP contribution in [0, 0.1) is 5.41 Å². The third-order valence-electron chi connectivity index (χ3n) is 1.48. The lowest BCUT2D eigenvalue weighted by molar-refractivity contribution is -0.144. The van der Waals surface area contributed by atoms with Gasteiger partial charge in [0.1, 0.15) is 0 Å². The summed E-state index contributed by atoms with van der Waals surface area (Å²) in [7, 11) is 0. The minimum Gasteiger partial charge on any atom is -0.444 e. The SMILES string of the molecule is CCCCCC(=O)OCNC(=N)N.Cl.Cl. The average molecular weight is 260 g/mol. The Labute approximate surface area is 102 Å². The summed E-state index contributed by atoms with van der Waals surface area (Å²) in [6.45, 7) is 2.06. The number of esters is 1. The molecule has 0 unspecified atom stereocenters. The first-order valence-electron chi connectivity index (χ1n) is 4.40. The number of hydrogen-bond acceptors (Lipinski definition) is 3. The highest BCUT2D eigenvalue weighted by molar-refractivity contribution is 5.85. The van der Waals surface area contributed by atoms with Gasteiger partial charge in [0.05, 0.1) is 0 Å². The molecule has 4 N–H and O–H groups in total. The standard InChI is InChI=1S/C8H17N3O2.2ClH/c1-2-3-4-5-7(12)13-6-11-8(9)10;;/h2-6H2,1H3,(H4,9,10,11);2*1H. The maximum Gasteiger partial charge on any atom is 0.307 e. The number of nitrogens with one attached hydrogen (secondary N) is 2. The van der Waals surface area contributed by atoms with E-state index in [0.29, 0.717) is 6.42 Å². The Bertz CT molecular complexity index is 179. The van der Waals surface area contributed by atoms with Crippen molar-refractivity contribution in [3.63, 3.8) is 0 Å². The number of halogens is 2. The van der Waals surface area contributed by atoms with Crippen LogP contribution in [0.15, 0.2) is 0 Å². The highest BCUT2D eigenvalue weighted by Gasteiger charge is 2.00. The van der Waals surface area contributed by atoms with Crippen molar-refractivity contribution in [3.8, 4) is 0 Å². The van der Waals surface area contributed by atoms with E-state index < -0.39 is 0 Å². The molecule has 0 atom stereocenters. The van der Waals surface area contributed by atoms with E-state index in [0.717, 1.165) is 19.3 Å². The highest BCUT2D eigenvalue weighted by Crippen LogP contribution is 1.99. The third-order valence-corrected chi connectivity index (χ3v) is 1.48. The minimum atomic E-state index is -0.248. The van der Waals surface area contributed by atoms with Crippen LogP contribution in [-0.4, -0.2) is 18.7 Å². The van der Waals surface area contributed by atoms with Gasteiger partial charge in [0.15, 0.2) is 12.7 Å². The maximum atomic E-state index is 10.9. The molecular weight excluding hydrogens is 241 g/mol. The smallest absolute Gasteiger partial charge is 0.307 e. The molecule has 0 radical (unpaired) electrons. The minimum absolute atomic E-state index is 0. The van der Waals surface area contributed by atoms with Crippen molar-refractivity contribution < 1.29 is 9.53 Å². The van der Waals surface area contributed by atoms with E-state index in [2.05, 4.69) is 12.2 Å². The number of hydrogen-bond donors (Lipinski definition) is 3. The fourth-order valence-electron chi connectivity index (χ4n) is 0.786. The Hall–Kier alpha value is -0.680. The van der Waals surface area contributed by atoms with Crippen LogP contribution in [0.5, 0.6) is 0 Å². The van der Waals surface area contributed by atoms with Crippen molar-refractivity contribution in [2.45, 2.75) is 32.6 Å². The molecule has 92 valence electrons. The Morgan fingerprint density at radius 3 is 2.47 bits per heavy atom. The maximum absolute atomic E-state index is 10.9. The molecule has 0 spiro atoms. The van der Waals surface area contributed by atoms with Gasteiger partial charge in [-0.25, -0.2) is 0 Å². The van der Waals surface area contributed by atoms with E-state index in [9.17, 15) is 4.79 Å². The van der Waals surface area contributed by atoms with Crippen molar-refractivity contribution in [1.29, 1.82) is 5.41 Å². The van der Waals surface area contributed by atoms with Crippen LogP contribution in [0.1, 0.15) is 32.6 Å². The molecular formula is C8H19Cl2N3O2. The molecule has 0 bridgehead atoms. The van der Waals surface area contributed by atoms with Crippen LogP contribution in [0.3, 0.4) is 0 Å². The van der Waals surface area contributed by atoms with Crippen LogP contribution in [0.4, 0.5) is 0 Å². The second-order valence-electron chi connectivity index (χ2n) is 2.71. The van der Waals surface area contributed by atoms with Crippen LogP contribution in [-0.2, 0) is 9.53 Å². The third kappa shape index (κ3) is 16.0. The first kappa shape index (κ1) is 19.8. The van der Waals surface area contributed by atoms with Gasteiger partial charge in [-0.2, -0.15) is 0 Å². The predicted molar refractivity (Wildman–Crippen MR) is 64.6 cm³/mol. The summed E-state index contributed by atoms with van der Waals surface area (Å²) < 4.78 is 4.73. The van der Waals surface area contributed by atoms with Crippen LogP contribution < -0.4 is 11.1 Å². The molecule has 0 saturated heterocycles. The largest absolute Gasteiger partial charge is 0.444 e. The summed E-state index contributed by atoms with van der Waals surface area (Å²) in [5.74, 6) is -0.441. The van der Waals surface area contributed by atoms with Gasteiger partial charge in [0.2, 0.25) is 0 Å². The van der Waals surface area contributed by atoms with Crippen molar-refractivity contribution in [2.75, 3.05) is 6.73 Å². The molecule has 0 aliphatic carbocycles. The van der Waals surface area contributed by atoms with E-state index >= 15 is 0 Å². The number of unbranched alkanes of at least 4 members (excludes halogenated alkanes) is 2. The lowest BCUT2D eigenvalue weighted by Gasteiger charge is -2.05. The van der Waals surface area contributed by atoms with Crippen molar-refractivity contribution >= 4 is 36.7 Å². The molecule has 0 aliphatic rings. The molecule has 7 heteroatoms. The van der Waals surface area contributed by atoms with Crippen LogP contribution >= 0.6 is 24.8 Å². The summed E-state index contributed by atoms with van der Waals surface area (Å²) in [6, 6.07) is 0. The number of guanidine groups is 1. The van der Waals surface area contributed by atoms with Gasteiger partial charge in [-0.1, -0.05) is 19.8 Å². The Morgan fingerprint density at radius 1 is 1.40 bits per heavy atom. The van der Waals surface area contributed by atoms with Gasteiger partial charge < -0.3 is 15.8 Å². The van der Waals surface area contributed by atoms with Crippen molar-refractivity contribution in [2.24, 2.45) is 5.73 Å². The highest BCUT2D eigenvalue weighted by atomic mass is 35.5. The second-order valence-corrected chi connectivity index (χ2v) is 2.71. The van der Waals surface area contributed by atoms with Crippen LogP contribution in [0.25, 0.3) is 0 Å². The number of carbonyl (C=O) groups is 1. The van der Waals surface area contributed by atoms with Gasteiger partial charge in [-0.15, -0.1) is 24.8 Å². The fraction of sp³-hybridized carbons (Fsp3) is 0.750. The molecule has 0 amide bonds. The van der Waals surface area contributed by atoms with Crippen molar-refractivity contribution in [3.05, 3.63) is 0 Å². The molecule has 0 aromatic heterocycles. The molecule has 0 fully saturated rings. The van der Waals surface area contributed by atoms with E-state index in [-0.39, 0.29) is 43.5 Å². The summed E-state index contributed by atoms with van der Waals surface area (Å²) in [5, 5.41) is 9.17. The first-order chi connectivity index (χ1) is 6.16. The van der Waals surface area contributed by atoms with E-state index in [4.69, 9.17) is 15.9 Å². The lowest BCUT2D eigenvalue weighted by Crippen LogP contribution is -2.33. The Morgan fingerprint density at radius 2 is 2.00 bits per heavy atom. The number of nitrogens with two attached hydrogens (primary N) is 1. The van der Waals surface area contributed by atoms with Gasteiger partial charge in [0, 0.05) is 6.42 Å². The molecule has 15 heavy (non-hydrogen) atoms. The predicted octanol–water partition coefficient (Wildman–Crippen LogP) is 1.39. The van der Waals surface area contributed by atoms with E-state index in [1.54, 1.807) is 0 Å². The monoisotopic (exact) mass is 259 g/mol. The molecule has 0 saturated carbocycles. The summed E-state index contributed by atoms with van der Waals surface area (Å²) in [6.07, 6.45) is 3.41. The summed E-state index contributed by atoms with van der Waals surface area (Å²) in [5.41, 5.74) is 4.98. The average Bonchev–Trinajstić information content (AvgIpc) is 2.04. The van der Waals surface area contributed by atoms with Gasteiger partial charge in [-0.3, -0.25) is 10.2 Å². The fourth-order valence-corrected chi connectivity index (χ4v) is 0.786. The summed E-state index contributed by atoms with van der Waals surface area (Å²) in [4.78, 5) is 10.9. The quantitative estimate of drug-likeness (QED) is 0.221. The zero-order valence-corrected chi connectivity index (χ0v) is 10.4. The molecule has 0 aromatic rings. The van der Waals surface area contributed by atoms with Gasteiger partial charge in [0.25, 0.3) is 0 Å². The Balaban J connectivity index is -0.000000720. The second kappa shape index (κ2) is 13.3. The van der Waals surface area contributed by atoms with Gasteiger partial charge in [-0.05, 0) is 6.42 Å². The topological polar surface area (TPSA) is 88.2 Å². The van der Waals surface area contributed by atoms with E-state index in [1.807, 2.05) is 0 Å². The van der Waals surface area contributed by atoms with Crippen LogP contribution in [0.2, 0.25) is 0 Å². The molecule has 0 aromatic carbocycles. The normalized spacial score (nSPS) is 8.07. The van der Waals surface area contributed by atoms with Crippen molar-refractivity contribution in [1.82, 2.24) is 5.32 Å².